The average molecular weight is 645 g/mol. The third kappa shape index (κ3) is 11.9. The van der Waals surface area contributed by atoms with Crippen LogP contribution in [-0.2, 0) is 48.1 Å². The zero-order valence-electron chi connectivity index (χ0n) is 27.2. The Morgan fingerprint density at radius 1 is 0.617 bits per heavy atom. The highest BCUT2D eigenvalue weighted by atomic mass is 16.5. The van der Waals surface area contributed by atoms with Crippen molar-refractivity contribution in [3.63, 3.8) is 0 Å². The van der Waals surface area contributed by atoms with Crippen LogP contribution in [0.3, 0.4) is 0 Å². The van der Waals surface area contributed by atoms with E-state index in [1.54, 1.807) is 0 Å². The number of hydrogen-bond acceptors (Lipinski definition) is 7. The highest BCUT2D eigenvalue weighted by molar-refractivity contribution is 5.95. The molecule has 0 unspecified atom stereocenters. The molecule has 3 aromatic carbocycles. The van der Waals surface area contributed by atoms with E-state index >= 15 is 0 Å². The molecule has 3 aromatic rings. The molecular formula is C36H44N4O7. The van der Waals surface area contributed by atoms with Crippen molar-refractivity contribution in [2.45, 2.75) is 70.8 Å². The Labute approximate surface area is 275 Å². The highest BCUT2D eigenvalue weighted by Gasteiger charge is 2.33. The van der Waals surface area contributed by atoms with Crippen molar-refractivity contribution in [2.24, 2.45) is 5.92 Å². The molecule has 47 heavy (non-hydrogen) atoms. The number of hydrogen-bond donors (Lipinski definition) is 4. The number of rotatable bonds is 16. The maximum Gasteiger partial charge on any atom is 0.408 e. The summed E-state index contributed by atoms with van der Waals surface area (Å²) >= 11 is 0. The van der Waals surface area contributed by atoms with Crippen LogP contribution in [0.4, 0.5) is 4.79 Å². The molecule has 4 amide bonds. The lowest BCUT2D eigenvalue weighted by Gasteiger charge is -2.28. The lowest BCUT2D eigenvalue weighted by atomic mass is 9.96. The summed E-state index contributed by atoms with van der Waals surface area (Å²) in [4.78, 5) is 65.6. The fraction of sp³-hybridized carbons (Fsp3) is 0.361. The van der Waals surface area contributed by atoms with E-state index in [2.05, 4.69) is 21.3 Å². The first-order chi connectivity index (χ1) is 22.6. The van der Waals surface area contributed by atoms with Crippen LogP contribution in [-0.4, -0.2) is 61.1 Å². The molecule has 0 aliphatic rings. The zero-order chi connectivity index (χ0) is 34.2. The topological polar surface area (TPSA) is 152 Å². The number of methoxy groups -OCH3 is 1. The van der Waals surface area contributed by atoms with Gasteiger partial charge in [0, 0.05) is 12.8 Å². The predicted molar refractivity (Wildman–Crippen MR) is 177 cm³/mol. The molecule has 250 valence electrons. The zero-order valence-corrected chi connectivity index (χ0v) is 27.2. The SMILES string of the molecule is CC[C@H](C)[C@H](NC(=O)[C@H](Cc1ccccc1)NC(=O)[C@H](C)NC(=O)OCc1ccccc1)C(=O)N[C@@H](Cc1ccccc1)C(=O)OC. The van der Waals surface area contributed by atoms with Gasteiger partial charge in [-0.2, -0.15) is 0 Å². The Hall–Kier alpha value is -5.19. The standard InChI is InChI=1S/C36H44N4O7/c1-5-24(2)31(34(43)39-30(35(44)46-4)22-27-17-11-7-12-18-27)40-33(42)29(21-26-15-9-6-10-16-26)38-32(41)25(3)37-36(45)47-23-28-19-13-8-14-20-28/h6-20,24-25,29-31H,5,21-23H2,1-4H3,(H,37,45)(H,38,41)(H,39,43)(H,40,42)/t24-,25-,29-,30-,31-/m0/s1. The van der Waals surface area contributed by atoms with E-state index < -0.39 is 54.0 Å². The van der Waals surface area contributed by atoms with Crippen LogP contribution in [0.15, 0.2) is 91.0 Å². The van der Waals surface area contributed by atoms with Gasteiger partial charge in [0.2, 0.25) is 17.7 Å². The molecule has 0 bridgehead atoms. The van der Waals surface area contributed by atoms with Gasteiger partial charge in [0.15, 0.2) is 0 Å². The van der Waals surface area contributed by atoms with Gasteiger partial charge in [-0.25, -0.2) is 9.59 Å². The minimum Gasteiger partial charge on any atom is -0.467 e. The van der Waals surface area contributed by atoms with Gasteiger partial charge in [-0.05, 0) is 29.5 Å². The van der Waals surface area contributed by atoms with Crippen molar-refractivity contribution >= 4 is 29.8 Å². The third-order valence-corrected chi connectivity index (χ3v) is 7.73. The van der Waals surface area contributed by atoms with E-state index in [9.17, 15) is 24.0 Å². The molecule has 3 rings (SSSR count). The second-order valence-corrected chi connectivity index (χ2v) is 11.3. The summed E-state index contributed by atoms with van der Waals surface area (Å²) in [6, 6.07) is 23.3. The van der Waals surface area contributed by atoms with Crippen molar-refractivity contribution in [3.8, 4) is 0 Å². The maximum absolute atomic E-state index is 13.8. The number of ether oxygens (including phenoxy) is 2. The lowest BCUT2D eigenvalue weighted by molar-refractivity contribution is -0.145. The number of amides is 4. The molecule has 0 spiro atoms. The first kappa shape index (κ1) is 36.3. The summed E-state index contributed by atoms with van der Waals surface area (Å²) in [5, 5.41) is 10.8. The van der Waals surface area contributed by atoms with Gasteiger partial charge in [0.25, 0.3) is 0 Å². The monoisotopic (exact) mass is 644 g/mol. The Bertz CT molecular complexity index is 1450. The molecule has 0 saturated heterocycles. The van der Waals surface area contributed by atoms with E-state index in [0.29, 0.717) is 6.42 Å². The van der Waals surface area contributed by atoms with Crippen LogP contribution in [0.2, 0.25) is 0 Å². The van der Waals surface area contributed by atoms with E-state index in [-0.39, 0.29) is 25.4 Å². The van der Waals surface area contributed by atoms with Crippen LogP contribution in [0.1, 0.15) is 43.9 Å². The predicted octanol–water partition coefficient (Wildman–Crippen LogP) is 3.46. The first-order valence-electron chi connectivity index (χ1n) is 15.6. The van der Waals surface area contributed by atoms with Crippen LogP contribution < -0.4 is 21.3 Å². The first-order valence-corrected chi connectivity index (χ1v) is 15.6. The summed E-state index contributed by atoms with van der Waals surface area (Å²) < 4.78 is 10.2. The van der Waals surface area contributed by atoms with Gasteiger partial charge in [-0.3, -0.25) is 14.4 Å². The van der Waals surface area contributed by atoms with E-state index in [1.165, 1.54) is 14.0 Å². The molecule has 5 atom stereocenters. The largest absolute Gasteiger partial charge is 0.467 e. The molecule has 0 aromatic heterocycles. The Balaban J connectivity index is 1.72. The smallest absolute Gasteiger partial charge is 0.408 e. The van der Waals surface area contributed by atoms with E-state index in [4.69, 9.17) is 9.47 Å². The number of carbonyl (C=O) groups is 5. The number of esters is 1. The fourth-order valence-corrected chi connectivity index (χ4v) is 4.77. The highest BCUT2D eigenvalue weighted by Crippen LogP contribution is 2.12. The number of carbonyl (C=O) groups excluding carboxylic acids is 5. The number of benzene rings is 3. The van der Waals surface area contributed by atoms with Gasteiger partial charge >= 0.3 is 12.1 Å². The lowest BCUT2D eigenvalue weighted by Crippen LogP contribution is -2.59. The van der Waals surface area contributed by atoms with Crippen molar-refractivity contribution < 1.29 is 33.4 Å². The quantitative estimate of drug-likeness (QED) is 0.174. The minimum absolute atomic E-state index is 0.0291. The summed E-state index contributed by atoms with van der Waals surface area (Å²) in [6.45, 7) is 5.20. The average Bonchev–Trinajstić information content (AvgIpc) is 3.09. The van der Waals surface area contributed by atoms with E-state index in [1.807, 2.05) is 105 Å². The van der Waals surface area contributed by atoms with Crippen LogP contribution in [0.5, 0.6) is 0 Å². The molecule has 0 saturated carbocycles. The summed E-state index contributed by atoms with van der Waals surface area (Å²) in [6.07, 6.45) is 0.0785. The van der Waals surface area contributed by atoms with Gasteiger partial charge in [0.1, 0.15) is 30.8 Å². The van der Waals surface area contributed by atoms with Gasteiger partial charge < -0.3 is 30.7 Å². The van der Waals surface area contributed by atoms with Gasteiger partial charge in [0.05, 0.1) is 7.11 Å². The Morgan fingerprint density at radius 3 is 1.62 bits per heavy atom. The maximum atomic E-state index is 13.8. The molecule has 11 nitrogen and oxygen atoms in total. The summed E-state index contributed by atoms with van der Waals surface area (Å²) in [7, 11) is 1.25. The van der Waals surface area contributed by atoms with Gasteiger partial charge in [-0.1, -0.05) is 111 Å². The fourth-order valence-electron chi connectivity index (χ4n) is 4.77. The normalized spacial score (nSPS) is 13.9. The molecule has 0 radical (unpaired) electrons. The third-order valence-electron chi connectivity index (χ3n) is 7.73. The molecule has 11 heteroatoms. The van der Waals surface area contributed by atoms with Crippen LogP contribution in [0, 0.1) is 5.92 Å². The molecule has 4 N–H and O–H groups in total. The van der Waals surface area contributed by atoms with Crippen LogP contribution in [0.25, 0.3) is 0 Å². The molecule has 0 heterocycles. The Morgan fingerprint density at radius 2 is 1.11 bits per heavy atom. The summed E-state index contributed by atoms with van der Waals surface area (Å²) in [5.74, 6) is -2.70. The van der Waals surface area contributed by atoms with Crippen molar-refractivity contribution in [2.75, 3.05) is 7.11 Å². The summed E-state index contributed by atoms with van der Waals surface area (Å²) in [5.41, 5.74) is 2.39. The van der Waals surface area contributed by atoms with Crippen molar-refractivity contribution in [1.82, 2.24) is 21.3 Å². The minimum atomic E-state index is -1.09. The molecular weight excluding hydrogens is 600 g/mol. The number of alkyl carbamates (subject to hydrolysis) is 1. The molecule has 0 aliphatic carbocycles. The van der Waals surface area contributed by atoms with Gasteiger partial charge in [-0.15, -0.1) is 0 Å². The second kappa shape index (κ2) is 18.7. The Kier molecular flexibility index (Phi) is 14.4. The molecule has 0 fully saturated rings. The molecule has 0 aliphatic heterocycles. The van der Waals surface area contributed by atoms with Crippen molar-refractivity contribution in [3.05, 3.63) is 108 Å². The number of nitrogens with one attached hydrogen (secondary N) is 4. The van der Waals surface area contributed by atoms with Crippen LogP contribution >= 0.6 is 0 Å². The van der Waals surface area contributed by atoms with E-state index in [0.717, 1.165) is 16.7 Å². The second-order valence-electron chi connectivity index (χ2n) is 11.3. The van der Waals surface area contributed by atoms with Crippen molar-refractivity contribution in [1.29, 1.82) is 0 Å².